The van der Waals surface area contributed by atoms with E-state index in [1.165, 1.54) is 6.07 Å². The van der Waals surface area contributed by atoms with Crippen molar-refractivity contribution in [2.75, 3.05) is 5.32 Å². The van der Waals surface area contributed by atoms with Crippen molar-refractivity contribution in [3.05, 3.63) is 84.0 Å². The molecule has 9 heteroatoms. The van der Waals surface area contributed by atoms with Crippen LogP contribution in [0.15, 0.2) is 55.5 Å². The quantitative estimate of drug-likeness (QED) is 0.411. The van der Waals surface area contributed by atoms with E-state index in [-0.39, 0.29) is 11.6 Å². The molecule has 0 bridgehead atoms. The van der Waals surface area contributed by atoms with E-state index in [2.05, 4.69) is 32.1 Å². The normalized spacial score (nSPS) is 16.8. The molecule has 1 fully saturated rings. The smallest absolute Gasteiger partial charge is 0.259 e. The zero-order chi connectivity index (χ0) is 24.1. The number of aromatic nitrogens is 6. The highest BCUT2D eigenvalue weighted by atomic mass is 19.1. The summed E-state index contributed by atoms with van der Waals surface area (Å²) < 4.78 is 18.7. The minimum Gasteiger partial charge on any atom is -0.306 e. The number of nitrogens with zero attached hydrogens (tertiary/aromatic N) is 6. The third kappa shape index (κ3) is 3.82. The van der Waals surface area contributed by atoms with E-state index in [4.69, 9.17) is 0 Å². The second-order valence-corrected chi connectivity index (χ2v) is 9.11. The number of rotatable bonds is 6. The molecule has 1 N–H and O–H groups in total. The van der Waals surface area contributed by atoms with E-state index in [1.807, 2.05) is 34.4 Å². The lowest BCUT2D eigenvalue weighted by Gasteiger charge is -2.12. The first kappa shape index (κ1) is 21.4. The maximum absolute atomic E-state index is 14.8. The number of anilines is 1. The number of carbonyl (C=O) groups is 1. The van der Waals surface area contributed by atoms with Crippen molar-refractivity contribution in [2.24, 2.45) is 0 Å². The molecule has 1 atom stereocenters. The number of imidazole rings is 1. The summed E-state index contributed by atoms with van der Waals surface area (Å²) in [5.74, 6) is 1.15. The first-order chi connectivity index (χ1) is 17.0. The number of nitrogens with one attached hydrogen (secondary N) is 1. The molecular formula is C26H24FN7O. The van der Waals surface area contributed by atoms with E-state index in [9.17, 15) is 9.18 Å². The lowest BCUT2D eigenvalue weighted by molar-refractivity contribution is 0.102. The van der Waals surface area contributed by atoms with Gasteiger partial charge in [0.1, 0.15) is 23.2 Å². The number of amides is 1. The number of fused-ring (bicyclic) bond motifs is 1. The number of pyridine rings is 1. The van der Waals surface area contributed by atoms with Gasteiger partial charge in [0.05, 0.1) is 29.3 Å². The summed E-state index contributed by atoms with van der Waals surface area (Å²) in [7, 11) is 0. The average molecular weight is 470 g/mol. The Hall–Kier alpha value is -4.14. The molecule has 6 rings (SSSR count). The monoisotopic (exact) mass is 469 g/mol. The molecule has 1 aromatic carbocycles. The number of hydrogen-bond acceptors (Lipinski definition) is 5. The van der Waals surface area contributed by atoms with E-state index in [1.54, 1.807) is 24.5 Å². The van der Waals surface area contributed by atoms with Crippen molar-refractivity contribution in [1.29, 1.82) is 0 Å². The molecule has 0 saturated heterocycles. The van der Waals surface area contributed by atoms with Crippen LogP contribution in [0.2, 0.25) is 0 Å². The summed E-state index contributed by atoms with van der Waals surface area (Å²) in [5, 5.41) is 11.3. The largest absolute Gasteiger partial charge is 0.306 e. The number of benzene rings is 1. The second-order valence-electron chi connectivity index (χ2n) is 9.11. The maximum Gasteiger partial charge on any atom is 0.259 e. The van der Waals surface area contributed by atoms with Gasteiger partial charge in [-0.1, -0.05) is 12.1 Å². The highest BCUT2D eigenvalue weighted by Crippen LogP contribution is 2.39. The fourth-order valence-corrected chi connectivity index (χ4v) is 4.63. The first-order valence-corrected chi connectivity index (χ1v) is 11.7. The third-order valence-corrected chi connectivity index (χ3v) is 6.66. The van der Waals surface area contributed by atoms with Crippen LogP contribution in [-0.4, -0.2) is 35.2 Å². The second kappa shape index (κ2) is 8.26. The lowest BCUT2D eigenvalue weighted by Crippen LogP contribution is -2.16. The molecule has 1 aliphatic heterocycles. The van der Waals surface area contributed by atoms with Crippen molar-refractivity contribution < 1.29 is 9.18 Å². The van der Waals surface area contributed by atoms with Gasteiger partial charge in [-0.25, -0.2) is 14.4 Å². The third-order valence-electron chi connectivity index (χ3n) is 6.66. The minimum atomic E-state index is -0.591. The molecule has 176 valence electrons. The molecule has 1 amide bonds. The number of halogens is 1. The van der Waals surface area contributed by atoms with Gasteiger partial charge >= 0.3 is 0 Å². The number of aryl methyl sites for hydroxylation is 2. The van der Waals surface area contributed by atoms with Crippen LogP contribution >= 0.6 is 0 Å². The minimum absolute atomic E-state index is 0.0606. The van der Waals surface area contributed by atoms with Crippen molar-refractivity contribution in [1.82, 2.24) is 29.3 Å². The van der Waals surface area contributed by atoms with Crippen LogP contribution in [0.1, 0.15) is 58.7 Å². The molecule has 0 radical (unpaired) electrons. The van der Waals surface area contributed by atoms with Gasteiger partial charge in [0, 0.05) is 18.5 Å². The average Bonchev–Trinajstić information content (AvgIpc) is 3.25. The summed E-state index contributed by atoms with van der Waals surface area (Å²) in [6.07, 6.45) is 9.59. The maximum atomic E-state index is 14.8. The Balaban J connectivity index is 1.28. The van der Waals surface area contributed by atoms with Crippen LogP contribution in [0.5, 0.6) is 0 Å². The Bertz CT molecular complexity index is 1470. The van der Waals surface area contributed by atoms with Crippen molar-refractivity contribution in [3.63, 3.8) is 0 Å². The Morgan fingerprint density at radius 2 is 2.09 bits per heavy atom. The van der Waals surface area contributed by atoms with Crippen molar-refractivity contribution in [2.45, 2.75) is 44.6 Å². The van der Waals surface area contributed by atoms with Gasteiger partial charge < -0.3 is 14.5 Å². The Kier molecular flexibility index (Phi) is 5.05. The van der Waals surface area contributed by atoms with Crippen LogP contribution in [0.25, 0.3) is 17.2 Å². The Labute approximate surface area is 201 Å². The highest BCUT2D eigenvalue weighted by molar-refractivity contribution is 6.04. The fourth-order valence-electron chi connectivity index (χ4n) is 4.63. The molecule has 3 aromatic heterocycles. The molecule has 4 aromatic rings. The lowest BCUT2D eigenvalue weighted by atomic mass is 10.1. The van der Waals surface area contributed by atoms with Crippen molar-refractivity contribution in [3.8, 4) is 17.2 Å². The van der Waals surface area contributed by atoms with Gasteiger partial charge in [-0.3, -0.25) is 4.79 Å². The standard InChI is InChI=1S/C26H24FN7O/c1-3-17-9-10-24-31-32-25(34(17)24)20-5-4-6-23(29-20)30-26(35)18-12-22(15(2)11-19(18)27)33-13-21(28-14-33)16-7-8-16/h3-6,11-14,16-17H,1,7-10H2,2H3,(H,29,30,35)/t17-/m1/s1. The topological polar surface area (TPSA) is 90.5 Å². The van der Waals surface area contributed by atoms with E-state index < -0.39 is 11.7 Å². The van der Waals surface area contributed by atoms with Gasteiger partial charge in [0.25, 0.3) is 5.91 Å². The summed E-state index contributed by atoms with van der Waals surface area (Å²) in [4.78, 5) is 22.1. The summed E-state index contributed by atoms with van der Waals surface area (Å²) >= 11 is 0. The summed E-state index contributed by atoms with van der Waals surface area (Å²) in [5.41, 5.74) is 2.98. The highest BCUT2D eigenvalue weighted by Gasteiger charge is 2.27. The number of hydrogen-bond donors (Lipinski definition) is 1. The first-order valence-electron chi connectivity index (χ1n) is 11.7. The molecule has 2 aliphatic rings. The number of carbonyl (C=O) groups excluding carboxylic acids is 1. The zero-order valence-electron chi connectivity index (χ0n) is 19.3. The zero-order valence-corrected chi connectivity index (χ0v) is 19.3. The van der Waals surface area contributed by atoms with Crippen molar-refractivity contribution >= 4 is 11.7 Å². The predicted molar refractivity (Wildman–Crippen MR) is 129 cm³/mol. The van der Waals surface area contributed by atoms with E-state index >= 15 is 0 Å². The van der Waals surface area contributed by atoms with E-state index in [0.717, 1.165) is 42.8 Å². The van der Waals surface area contributed by atoms with Gasteiger partial charge in [-0.2, -0.15) is 0 Å². The van der Waals surface area contributed by atoms with Gasteiger partial charge in [0.2, 0.25) is 0 Å². The summed E-state index contributed by atoms with van der Waals surface area (Å²) in [6, 6.07) is 8.30. The van der Waals surface area contributed by atoms with Crippen LogP contribution in [0.3, 0.4) is 0 Å². The van der Waals surface area contributed by atoms with Crippen LogP contribution < -0.4 is 5.32 Å². The molecule has 0 spiro atoms. The van der Waals surface area contributed by atoms with Gasteiger partial charge in [0.15, 0.2) is 5.82 Å². The van der Waals surface area contributed by atoms with Crippen LogP contribution in [0.4, 0.5) is 10.2 Å². The Morgan fingerprint density at radius 1 is 1.23 bits per heavy atom. The van der Waals surface area contributed by atoms with Crippen LogP contribution in [0, 0.1) is 12.7 Å². The molecule has 35 heavy (non-hydrogen) atoms. The SMILES string of the molecule is C=C[C@@H]1CCc2nnc(-c3cccc(NC(=O)c4cc(-n5cnc(C6CC6)c5)c(C)cc4F)n3)n21. The molecule has 1 saturated carbocycles. The fraction of sp³-hybridized carbons (Fsp3) is 0.269. The molecular weight excluding hydrogens is 445 g/mol. The summed E-state index contributed by atoms with van der Waals surface area (Å²) in [6.45, 7) is 5.72. The molecule has 8 nitrogen and oxygen atoms in total. The van der Waals surface area contributed by atoms with Gasteiger partial charge in [-0.05, 0) is 56.0 Å². The molecule has 1 aliphatic carbocycles. The Morgan fingerprint density at radius 3 is 2.89 bits per heavy atom. The van der Waals surface area contributed by atoms with Gasteiger partial charge in [-0.15, -0.1) is 16.8 Å². The molecule has 4 heterocycles. The van der Waals surface area contributed by atoms with E-state index in [0.29, 0.717) is 28.9 Å². The van der Waals surface area contributed by atoms with Crippen LogP contribution in [-0.2, 0) is 6.42 Å². The number of allylic oxidation sites excluding steroid dienone is 1. The predicted octanol–water partition coefficient (Wildman–Crippen LogP) is 4.78. The molecule has 0 unspecified atom stereocenters.